The molecule has 0 atom stereocenters. The Balaban J connectivity index is 3.75. The largest absolute Gasteiger partial charge is 0.314 e. The fourth-order valence-corrected chi connectivity index (χ4v) is 1.14. The molecule has 9 heavy (non-hydrogen) atoms. The van der Waals surface area contributed by atoms with E-state index in [4.69, 9.17) is 11.5 Å². The fraction of sp³-hybridized carbons (Fsp3) is 1.00. The summed E-state index contributed by atoms with van der Waals surface area (Å²) in [6.45, 7) is 8.24. The molecule has 0 rings (SSSR count). The molecule has 4 N–H and O–H groups in total. The molecule has 0 aromatic heterocycles. The first-order valence-corrected chi connectivity index (χ1v) is 3.28. The van der Waals surface area contributed by atoms with Crippen molar-refractivity contribution >= 4 is 0 Å². The minimum Gasteiger partial charge on any atom is -0.314 e. The highest BCUT2D eigenvalue weighted by Crippen LogP contribution is 2.22. The van der Waals surface area contributed by atoms with Crippen LogP contribution in [0.1, 0.15) is 34.1 Å². The minimum absolute atomic E-state index is 0.234. The minimum atomic E-state index is -0.516. The highest BCUT2D eigenvalue weighted by Gasteiger charge is 2.20. The third-order valence-corrected chi connectivity index (χ3v) is 0.911. The molecule has 0 aromatic rings. The Morgan fingerprint density at radius 3 is 1.33 bits per heavy atom. The third-order valence-electron chi connectivity index (χ3n) is 0.911. The van der Waals surface area contributed by atoms with Crippen LogP contribution in [-0.2, 0) is 0 Å². The van der Waals surface area contributed by atoms with Gasteiger partial charge in [0.15, 0.2) is 0 Å². The SMILES string of the molecule is CC(C)(C)CC(C)(N)N. The quantitative estimate of drug-likeness (QED) is 0.521. The van der Waals surface area contributed by atoms with Crippen molar-refractivity contribution in [3.8, 4) is 0 Å². The van der Waals surface area contributed by atoms with Crippen LogP contribution in [0.15, 0.2) is 0 Å². The van der Waals surface area contributed by atoms with Gasteiger partial charge in [-0.15, -0.1) is 0 Å². The van der Waals surface area contributed by atoms with Crippen molar-refractivity contribution in [3.05, 3.63) is 0 Å². The maximum atomic E-state index is 5.60. The van der Waals surface area contributed by atoms with Crippen LogP contribution in [0.25, 0.3) is 0 Å². The van der Waals surface area contributed by atoms with Crippen molar-refractivity contribution in [2.24, 2.45) is 16.9 Å². The van der Waals surface area contributed by atoms with Crippen LogP contribution in [-0.4, -0.2) is 5.66 Å². The van der Waals surface area contributed by atoms with Gasteiger partial charge in [0.2, 0.25) is 0 Å². The second-order valence-corrected chi connectivity index (χ2v) is 4.24. The average Bonchev–Trinajstić information content (AvgIpc) is 1.14. The lowest BCUT2D eigenvalue weighted by molar-refractivity contribution is 0.276. The predicted molar refractivity (Wildman–Crippen MR) is 40.9 cm³/mol. The summed E-state index contributed by atoms with van der Waals surface area (Å²) in [4.78, 5) is 0. The fourth-order valence-electron chi connectivity index (χ4n) is 1.14. The standard InChI is InChI=1S/C7H18N2/c1-6(2,3)5-7(4,8)9/h5,8-9H2,1-4H3. The van der Waals surface area contributed by atoms with Crippen LogP contribution in [0.2, 0.25) is 0 Å². The third kappa shape index (κ3) is 7.92. The van der Waals surface area contributed by atoms with E-state index >= 15 is 0 Å². The molecule has 0 unspecified atom stereocenters. The lowest BCUT2D eigenvalue weighted by Crippen LogP contribution is -2.48. The Morgan fingerprint density at radius 2 is 1.33 bits per heavy atom. The Hall–Kier alpha value is -0.0800. The summed E-state index contributed by atoms with van der Waals surface area (Å²) in [6, 6.07) is 0. The van der Waals surface area contributed by atoms with E-state index in [1.54, 1.807) is 0 Å². The van der Waals surface area contributed by atoms with E-state index in [0.717, 1.165) is 6.42 Å². The first-order valence-electron chi connectivity index (χ1n) is 3.28. The maximum Gasteiger partial charge on any atom is 0.0612 e. The molecule has 0 aromatic carbocycles. The van der Waals surface area contributed by atoms with Crippen LogP contribution in [0.5, 0.6) is 0 Å². The van der Waals surface area contributed by atoms with Crippen molar-refractivity contribution < 1.29 is 0 Å². The summed E-state index contributed by atoms with van der Waals surface area (Å²) >= 11 is 0. The zero-order chi connectivity index (χ0) is 7.71. The smallest absolute Gasteiger partial charge is 0.0612 e. The Labute approximate surface area is 57.6 Å². The van der Waals surface area contributed by atoms with E-state index in [1.807, 2.05) is 6.92 Å². The van der Waals surface area contributed by atoms with Crippen LogP contribution in [0, 0.1) is 5.41 Å². The molecule has 0 aliphatic heterocycles. The maximum absolute atomic E-state index is 5.60. The molecule has 0 saturated carbocycles. The first kappa shape index (κ1) is 8.92. The van der Waals surface area contributed by atoms with Gasteiger partial charge in [0, 0.05) is 0 Å². The number of rotatable bonds is 1. The first-order chi connectivity index (χ1) is 3.71. The summed E-state index contributed by atoms with van der Waals surface area (Å²) in [5, 5.41) is 0. The van der Waals surface area contributed by atoms with Gasteiger partial charge in [0.25, 0.3) is 0 Å². The highest BCUT2D eigenvalue weighted by molar-refractivity contribution is 4.77. The molecule has 0 saturated heterocycles. The van der Waals surface area contributed by atoms with Crippen molar-refractivity contribution in [1.29, 1.82) is 0 Å². The summed E-state index contributed by atoms with van der Waals surface area (Å²) in [7, 11) is 0. The van der Waals surface area contributed by atoms with Gasteiger partial charge >= 0.3 is 0 Å². The molecular formula is C7H18N2. The normalized spacial score (nSPS) is 14.0. The van der Waals surface area contributed by atoms with Crippen molar-refractivity contribution in [3.63, 3.8) is 0 Å². The molecule has 0 bridgehead atoms. The number of hydrogen-bond acceptors (Lipinski definition) is 2. The van der Waals surface area contributed by atoms with E-state index in [9.17, 15) is 0 Å². The zero-order valence-corrected chi connectivity index (χ0v) is 6.86. The van der Waals surface area contributed by atoms with E-state index in [1.165, 1.54) is 0 Å². The summed E-state index contributed by atoms with van der Waals surface area (Å²) in [5.74, 6) is 0. The van der Waals surface area contributed by atoms with Crippen LogP contribution in [0.4, 0.5) is 0 Å². The molecule has 0 aliphatic rings. The molecular weight excluding hydrogens is 112 g/mol. The Bertz CT molecular complexity index is 72.1. The summed E-state index contributed by atoms with van der Waals surface area (Å²) < 4.78 is 0. The van der Waals surface area contributed by atoms with Gasteiger partial charge in [0.05, 0.1) is 5.66 Å². The van der Waals surface area contributed by atoms with E-state index in [-0.39, 0.29) is 5.41 Å². The molecule has 2 nitrogen and oxygen atoms in total. The van der Waals surface area contributed by atoms with Gasteiger partial charge in [-0.1, -0.05) is 20.8 Å². The lowest BCUT2D eigenvalue weighted by Gasteiger charge is -2.28. The monoisotopic (exact) mass is 130 g/mol. The van der Waals surface area contributed by atoms with Gasteiger partial charge in [0.1, 0.15) is 0 Å². The predicted octanol–water partition coefficient (Wildman–Crippen LogP) is 1.06. The van der Waals surface area contributed by atoms with Gasteiger partial charge in [-0.3, -0.25) is 0 Å². The van der Waals surface area contributed by atoms with Crippen LogP contribution < -0.4 is 11.5 Å². The van der Waals surface area contributed by atoms with Gasteiger partial charge < -0.3 is 11.5 Å². The molecule has 0 fully saturated rings. The van der Waals surface area contributed by atoms with Crippen molar-refractivity contribution in [1.82, 2.24) is 0 Å². The van der Waals surface area contributed by atoms with Crippen LogP contribution >= 0.6 is 0 Å². The zero-order valence-electron chi connectivity index (χ0n) is 6.86. The Morgan fingerprint density at radius 1 is 1.00 bits per heavy atom. The molecule has 56 valence electrons. The van der Waals surface area contributed by atoms with E-state index < -0.39 is 5.66 Å². The lowest BCUT2D eigenvalue weighted by atomic mass is 9.86. The summed E-state index contributed by atoms with van der Waals surface area (Å²) in [5.41, 5.74) is 10.9. The van der Waals surface area contributed by atoms with Crippen molar-refractivity contribution in [2.45, 2.75) is 39.8 Å². The molecule has 0 heterocycles. The van der Waals surface area contributed by atoms with Gasteiger partial charge in [-0.2, -0.15) is 0 Å². The summed E-state index contributed by atoms with van der Waals surface area (Å²) in [6.07, 6.45) is 0.847. The average molecular weight is 130 g/mol. The molecule has 0 amide bonds. The molecule has 2 heteroatoms. The second kappa shape index (κ2) is 2.27. The van der Waals surface area contributed by atoms with Crippen molar-refractivity contribution in [2.75, 3.05) is 0 Å². The molecule has 0 spiro atoms. The Kier molecular flexibility index (Phi) is 2.25. The van der Waals surface area contributed by atoms with Gasteiger partial charge in [-0.25, -0.2) is 0 Å². The molecule has 0 aliphatic carbocycles. The topological polar surface area (TPSA) is 52.0 Å². The van der Waals surface area contributed by atoms with Crippen LogP contribution in [0.3, 0.4) is 0 Å². The van der Waals surface area contributed by atoms with E-state index in [0.29, 0.717) is 0 Å². The van der Waals surface area contributed by atoms with E-state index in [2.05, 4.69) is 20.8 Å². The number of hydrogen-bond donors (Lipinski definition) is 2. The number of nitrogens with two attached hydrogens (primary N) is 2. The second-order valence-electron chi connectivity index (χ2n) is 4.24. The highest BCUT2D eigenvalue weighted by atomic mass is 14.9. The molecule has 0 radical (unpaired) electrons. The van der Waals surface area contributed by atoms with Gasteiger partial charge in [-0.05, 0) is 18.8 Å².